The van der Waals surface area contributed by atoms with Gasteiger partial charge in [0.2, 0.25) is 0 Å². The molecule has 0 unspecified atom stereocenters. The van der Waals surface area contributed by atoms with Crippen LogP contribution in [0.1, 0.15) is 43.4 Å². The molecule has 162 valence electrons. The van der Waals surface area contributed by atoms with E-state index in [1.807, 2.05) is 13.8 Å². The number of carbonyl (C=O) groups is 2. The van der Waals surface area contributed by atoms with Gasteiger partial charge in [-0.25, -0.2) is 9.59 Å². The number of methoxy groups -OCH3 is 1. The predicted octanol–water partition coefficient (Wildman–Crippen LogP) is 3.78. The third-order valence-electron chi connectivity index (χ3n) is 3.91. The Bertz CT molecular complexity index is 903. The molecule has 0 atom stereocenters. The summed E-state index contributed by atoms with van der Waals surface area (Å²) in [6.45, 7) is 8.74. The lowest BCUT2D eigenvalue weighted by Crippen LogP contribution is -2.27. The molecule has 1 aromatic carbocycles. The van der Waals surface area contributed by atoms with Crippen molar-refractivity contribution in [3.63, 3.8) is 0 Å². The molecule has 0 fully saturated rings. The van der Waals surface area contributed by atoms with E-state index >= 15 is 0 Å². The van der Waals surface area contributed by atoms with E-state index in [0.717, 1.165) is 11.3 Å². The fourth-order valence-electron chi connectivity index (χ4n) is 2.48. The standard InChI is InChI=1S/C22H27NO7/c1-14-17(15(2)30-23-14)12-27-18-9-7-16(11-19(18)26-6)8-10-20(24)28-13-21(25)29-22(3,4)5/h7-11H,12-13H2,1-6H3/b10-8+. The van der Waals surface area contributed by atoms with Crippen molar-refractivity contribution in [1.29, 1.82) is 0 Å². The van der Waals surface area contributed by atoms with Crippen molar-refractivity contribution in [1.82, 2.24) is 5.16 Å². The fraction of sp³-hybridized carbons (Fsp3) is 0.409. The van der Waals surface area contributed by atoms with E-state index in [9.17, 15) is 9.59 Å². The molecular formula is C22H27NO7. The highest BCUT2D eigenvalue weighted by atomic mass is 16.6. The normalized spacial score (nSPS) is 11.4. The van der Waals surface area contributed by atoms with Crippen molar-refractivity contribution in [3.8, 4) is 11.5 Å². The number of benzene rings is 1. The SMILES string of the molecule is COc1cc(/C=C/C(=O)OCC(=O)OC(C)(C)C)ccc1OCc1c(C)noc1C. The summed E-state index contributed by atoms with van der Waals surface area (Å²) in [5.41, 5.74) is 1.72. The third kappa shape index (κ3) is 6.95. The molecule has 1 heterocycles. The second-order valence-corrected chi connectivity index (χ2v) is 7.53. The lowest BCUT2D eigenvalue weighted by Gasteiger charge is -2.19. The van der Waals surface area contributed by atoms with Crippen LogP contribution < -0.4 is 9.47 Å². The maximum atomic E-state index is 11.8. The van der Waals surface area contributed by atoms with E-state index in [4.69, 9.17) is 23.5 Å². The first-order chi connectivity index (χ1) is 14.1. The van der Waals surface area contributed by atoms with Gasteiger partial charge < -0.3 is 23.5 Å². The van der Waals surface area contributed by atoms with Crippen LogP contribution in [-0.2, 0) is 25.7 Å². The van der Waals surface area contributed by atoms with Gasteiger partial charge in [-0.2, -0.15) is 0 Å². The predicted molar refractivity (Wildman–Crippen MR) is 109 cm³/mol. The molecule has 0 spiro atoms. The van der Waals surface area contributed by atoms with E-state index in [-0.39, 0.29) is 0 Å². The monoisotopic (exact) mass is 417 g/mol. The van der Waals surface area contributed by atoms with Gasteiger partial charge in [-0.05, 0) is 58.4 Å². The summed E-state index contributed by atoms with van der Waals surface area (Å²) < 4.78 is 26.3. The Morgan fingerprint density at radius 2 is 1.90 bits per heavy atom. The number of esters is 2. The Balaban J connectivity index is 1.95. The van der Waals surface area contributed by atoms with Crippen LogP contribution in [-0.4, -0.2) is 36.4 Å². The first kappa shape index (κ1) is 23.0. The maximum Gasteiger partial charge on any atom is 0.344 e. The smallest absolute Gasteiger partial charge is 0.344 e. The van der Waals surface area contributed by atoms with Crippen LogP contribution >= 0.6 is 0 Å². The van der Waals surface area contributed by atoms with Crippen LogP contribution in [0.25, 0.3) is 6.08 Å². The number of aryl methyl sites for hydroxylation is 2. The molecule has 2 aromatic rings. The van der Waals surface area contributed by atoms with E-state index in [1.165, 1.54) is 13.2 Å². The van der Waals surface area contributed by atoms with Crippen molar-refractivity contribution < 1.29 is 33.1 Å². The molecule has 2 rings (SSSR count). The summed E-state index contributed by atoms with van der Waals surface area (Å²) in [4.78, 5) is 23.4. The minimum Gasteiger partial charge on any atom is -0.493 e. The van der Waals surface area contributed by atoms with Gasteiger partial charge in [-0.3, -0.25) is 0 Å². The molecule has 1 aromatic heterocycles. The van der Waals surface area contributed by atoms with Gasteiger partial charge in [-0.15, -0.1) is 0 Å². The highest BCUT2D eigenvalue weighted by molar-refractivity contribution is 5.88. The highest BCUT2D eigenvalue weighted by Gasteiger charge is 2.17. The molecule has 0 aliphatic carbocycles. The average Bonchev–Trinajstić information content (AvgIpc) is 2.99. The molecular weight excluding hydrogens is 390 g/mol. The average molecular weight is 417 g/mol. The van der Waals surface area contributed by atoms with Crippen LogP contribution in [0.15, 0.2) is 28.8 Å². The lowest BCUT2D eigenvalue weighted by molar-refractivity contribution is -0.164. The van der Waals surface area contributed by atoms with E-state index in [0.29, 0.717) is 29.4 Å². The number of rotatable bonds is 8. The minimum atomic E-state index is -0.654. The van der Waals surface area contributed by atoms with E-state index < -0.39 is 24.1 Å². The van der Waals surface area contributed by atoms with Gasteiger partial charge in [0, 0.05) is 6.08 Å². The third-order valence-corrected chi connectivity index (χ3v) is 3.91. The Labute approximate surface area is 175 Å². The summed E-state index contributed by atoms with van der Waals surface area (Å²) in [7, 11) is 1.53. The van der Waals surface area contributed by atoms with Gasteiger partial charge in [0.05, 0.1) is 18.4 Å². The number of hydrogen-bond donors (Lipinski definition) is 0. The van der Waals surface area contributed by atoms with Crippen molar-refractivity contribution in [3.05, 3.63) is 46.9 Å². The quantitative estimate of drug-likeness (QED) is 0.473. The topological polar surface area (TPSA) is 97.1 Å². The van der Waals surface area contributed by atoms with Gasteiger partial charge in [0.15, 0.2) is 18.1 Å². The van der Waals surface area contributed by atoms with E-state index in [1.54, 1.807) is 45.0 Å². The van der Waals surface area contributed by atoms with Gasteiger partial charge >= 0.3 is 11.9 Å². The Morgan fingerprint density at radius 3 is 2.50 bits per heavy atom. The first-order valence-corrected chi connectivity index (χ1v) is 9.38. The van der Waals surface area contributed by atoms with Gasteiger partial charge in [0.25, 0.3) is 0 Å². The van der Waals surface area contributed by atoms with Crippen LogP contribution in [0.5, 0.6) is 11.5 Å². The molecule has 0 bridgehead atoms. The summed E-state index contributed by atoms with van der Waals surface area (Å²) in [5.74, 6) is 0.494. The Hall–Kier alpha value is -3.29. The van der Waals surface area contributed by atoms with Crippen molar-refractivity contribution in [2.75, 3.05) is 13.7 Å². The molecule has 0 saturated carbocycles. The molecule has 0 saturated heterocycles. The molecule has 0 radical (unpaired) electrons. The van der Waals surface area contributed by atoms with Crippen LogP contribution in [0.3, 0.4) is 0 Å². The number of nitrogens with zero attached hydrogens (tertiary/aromatic N) is 1. The van der Waals surface area contributed by atoms with Crippen molar-refractivity contribution >= 4 is 18.0 Å². The second kappa shape index (κ2) is 9.96. The number of ether oxygens (including phenoxy) is 4. The lowest BCUT2D eigenvalue weighted by atomic mass is 10.2. The van der Waals surface area contributed by atoms with Crippen LogP contribution in [0, 0.1) is 13.8 Å². The molecule has 0 aliphatic heterocycles. The summed E-state index contributed by atoms with van der Waals surface area (Å²) in [6.07, 6.45) is 2.78. The molecule has 8 nitrogen and oxygen atoms in total. The number of aromatic nitrogens is 1. The number of hydrogen-bond acceptors (Lipinski definition) is 8. The number of carbonyl (C=O) groups excluding carboxylic acids is 2. The van der Waals surface area contributed by atoms with Crippen LogP contribution in [0.2, 0.25) is 0 Å². The van der Waals surface area contributed by atoms with Crippen molar-refractivity contribution in [2.24, 2.45) is 0 Å². The first-order valence-electron chi connectivity index (χ1n) is 9.38. The zero-order valence-corrected chi connectivity index (χ0v) is 18.1. The summed E-state index contributed by atoms with van der Waals surface area (Å²) in [6, 6.07) is 5.23. The molecule has 0 aliphatic rings. The van der Waals surface area contributed by atoms with Crippen LogP contribution in [0.4, 0.5) is 0 Å². The largest absolute Gasteiger partial charge is 0.493 e. The molecule has 30 heavy (non-hydrogen) atoms. The van der Waals surface area contributed by atoms with Gasteiger partial charge in [-0.1, -0.05) is 11.2 Å². The minimum absolute atomic E-state index is 0.295. The maximum absolute atomic E-state index is 11.8. The zero-order chi connectivity index (χ0) is 22.3. The molecule has 8 heteroatoms. The molecule has 0 amide bonds. The molecule has 0 N–H and O–H groups in total. The van der Waals surface area contributed by atoms with Crippen molar-refractivity contribution in [2.45, 2.75) is 46.8 Å². The summed E-state index contributed by atoms with van der Waals surface area (Å²) >= 11 is 0. The second-order valence-electron chi connectivity index (χ2n) is 7.53. The summed E-state index contributed by atoms with van der Waals surface area (Å²) in [5, 5.41) is 3.90. The van der Waals surface area contributed by atoms with E-state index in [2.05, 4.69) is 5.16 Å². The van der Waals surface area contributed by atoms with Gasteiger partial charge in [0.1, 0.15) is 18.0 Å². The Kier molecular flexibility index (Phi) is 7.63. The zero-order valence-electron chi connectivity index (χ0n) is 18.1. The Morgan fingerprint density at radius 1 is 1.17 bits per heavy atom. The fourth-order valence-corrected chi connectivity index (χ4v) is 2.48. The highest BCUT2D eigenvalue weighted by Crippen LogP contribution is 2.30.